The van der Waals surface area contributed by atoms with E-state index in [0.29, 0.717) is 12.5 Å². The molecule has 1 aromatic carbocycles. The van der Waals surface area contributed by atoms with Gasteiger partial charge in [-0.25, -0.2) is 0 Å². The van der Waals surface area contributed by atoms with E-state index < -0.39 is 0 Å². The van der Waals surface area contributed by atoms with Crippen molar-refractivity contribution in [3.8, 4) is 0 Å². The monoisotopic (exact) mass is 373 g/mol. The molecule has 0 spiro atoms. The van der Waals surface area contributed by atoms with Crippen LogP contribution < -0.4 is 5.32 Å². The molecule has 0 bridgehead atoms. The molecule has 1 N–H and O–H groups in total. The molecule has 6 heteroatoms. The Balaban J connectivity index is 1.54. The first-order chi connectivity index (χ1) is 13.1. The van der Waals surface area contributed by atoms with Crippen molar-refractivity contribution in [2.75, 3.05) is 46.4 Å². The molecule has 3 rings (SSSR count). The fourth-order valence-corrected chi connectivity index (χ4v) is 3.91. The lowest BCUT2D eigenvalue weighted by atomic mass is 9.99. The first-order valence-electron chi connectivity index (χ1n) is 10.0. The van der Waals surface area contributed by atoms with Gasteiger partial charge in [0.05, 0.1) is 12.5 Å². The number of rotatable bonds is 7. The smallest absolute Gasteiger partial charge is 0.237 e. The van der Waals surface area contributed by atoms with Gasteiger partial charge in [0.25, 0.3) is 0 Å². The Morgan fingerprint density at radius 3 is 2.74 bits per heavy atom. The summed E-state index contributed by atoms with van der Waals surface area (Å²) in [6.07, 6.45) is 3.15. The van der Waals surface area contributed by atoms with Gasteiger partial charge in [-0.05, 0) is 30.7 Å². The van der Waals surface area contributed by atoms with Crippen molar-refractivity contribution in [2.45, 2.75) is 31.7 Å². The van der Waals surface area contributed by atoms with E-state index in [4.69, 9.17) is 4.74 Å². The van der Waals surface area contributed by atoms with Crippen LogP contribution in [0.1, 0.15) is 24.8 Å². The molecule has 2 saturated heterocycles. The molecule has 2 heterocycles. The topological polar surface area (TPSA) is 61.9 Å². The van der Waals surface area contributed by atoms with E-state index in [9.17, 15) is 9.59 Å². The van der Waals surface area contributed by atoms with Gasteiger partial charge in [0, 0.05) is 46.4 Å². The van der Waals surface area contributed by atoms with Gasteiger partial charge in [-0.2, -0.15) is 0 Å². The van der Waals surface area contributed by atoms with Crippen molar-refractivity contribution in [2.24, 2.45) is 5.92 Å². The molecule has 1 aromatic rings. The SMILES string of the molecule is CN(CC1CCOCC1)C(=O)C[C@H]1C(=O)NCCN1CCc1ccccc1. The second kappa shape index (κ2) is 9.85. The predicted octanol–water partition coefficient (Wildman–Crippen LogP) is 1.30. The highest BCUT2D eigenvalue weighted by Gasteiger charge is 2.32. The van der Waals surface area contributed by atoms with E-state index in [-0.39, 0.29) is 24.3 Å². The second-order valence-corrected chi connectivity index (χ2v) is 7.61. The second-order valence-electron chi connectivity index (χ2n) is 7.61. The van der Waals surface area contributed by atoms with Crippen LogP contribution in [0.4, 0.5) is 0 Å². The van der Waals surface area contributed by atoms with Crippen LogP contribution in [0.25, 0.3) is 0 Å². The van der Waals surface area contributed by atoms with E-state index in [1.165, 1.54) is 5.56 Å². The summed E-state index contributed by atoms with van der Waals surface area (Å²) in [5, 5.41) is 2.92. The van der Waals surface area contributed by atoms with Crippen LogP contribution in [0.15, 0.2) is 30.3 Å². The summed E-state index contributed by atoms with van der Waals surface area (Å²) in [5.74, 6) is 0.525. The Morgan fingerprint density at radius 2 is 2.00 bits per heavy atom. The largest absolute Gasteiger partial charge is 0.381 e. The van der Waals surface area contributed by atoms with Crippen LogP contribution in [0.2, 0.25) is 0 Å². The normalized spacial score (nSPS) is 21.7. The maximum absolute atomic E-state index is 12.7. The molecule has 6 nitrogen and oxygen atoms in total. The highest BCUT2D eigenvalue weighted by molar-refractivity contribution is 5.88. The molecule has 0 saturated carbocycles. The molecule has 2 amide bonds. The summed E-state index contributed by atoms with van der Waals surface area (Å²) in [5.41, 5.74) is 1.25. The average molecular weight is 373 g/mol. The van der Waals surface area contributed by atoms with Crippen molar-refractivity contribution in [1.29, 1.82) is 0 Å². The van der Waals surface area contributed by atoms with Crippen LogP contribution in [0, 0.1) is 5.92 Å². The summed E-state index contributed by atoms with van der Waals surface area (Å²) < 4.78 is 5.39. The molecule has 0 unspecified atom stereocenters. The Bertz CT molecular complexity index is 616. The van der Waals surface area contributed by atoms with Gasteiger partial charge in [0.1, 0.15) is 0 Å². The number of amides is 2. The summed E-state index contributed by atoms with van der Waals surface area (Å²) in [6, 6.07) is 9.91. The zero-order chi connectivity index (χ0) is 19.1. The van der Waals surface area contributed by atoms with Crippen LogP contribution in [-0.2, 0) is 20.7 Å². The molecule has 27 heavy (non-hydrogen) atoms. The third kappa shape index (κ3) is 5.78. The van der Waals surface area contributed by atoms with Crippen molar-refractivity contribution in [1.82, 2.24) is 15.1 Å². The fourth-order valence-electron chi connectivity index (χ4n) is 3.91. The summed E-state index contributed by atoms with van der Waals surface area (Å²) in [4.78, 5) is 29.1. The molecule has 2 aliphatic rings. The summed E-state index contributed by atoms with van der Waals surface area (Å²) >= 11 is 0. The van der Waals surface area contributed by atoms with Gasteiger partial charge < -0.3 is 15.0 Å². The lowest BCUT2D eigenvalue weighted by Gasteiger charge is -2.36. The minimum atomic E-state index is -0.368. The van der Waals surface area contributed by atoms with E-state index in [1.807, 2.05) is 25.2 Å². The Morgan fingerprint density at radius 1 is 1.26 bits per heavy atom. The highest BCUT2D eigenvalue weighted by Crippen LogP contribution is 2.17. The van der Waals surface area contributed by atoms with E-state index in [2.05, 4.69) is 22.3 Å². The number of carbonyl (C=O) groups is 2. The molecule has 148 valence electrons. The van der Waals surface area contributed by atoms with Gasteiger partial charge in [-0.1, -0.05) is 30.3 Å². The number of hydrogen-bond donors (Lipinski definition) is 1. The minimum Gasteiger partial charge on any atom is -0.381 e. The van der Waals surface area contributed by atoms with Crippen LogP contribution in [0.3, 0.4) is 0 Å². The number of ether oxygens (including phenoxy) is 1. The minimum absolute atomic E-state index is 0.0258. The van der Waals surface area contributed by atoms with Crippen molar-refractivity contribution >= 4 is 11.8 Å². The number of nitrogens with one attached hydrogen (secondary N) is 1. The molecule has 0 radical (unpaired) electrons. The Kier molecular flexibility index (Phi) is 7.24. The Labute approximate surface area is 161 Å². The lowest BCUT2D eigenvalue weighted by Crippen LogP contribution is -2.57. The third-order valence-electron chi connectivity index (χ3n) is 5.64. The zero-order valence-corrected chi connectivity index (χ0v) is 16.2. The first kappa shape index (κ1) is 19.8. The van der Waals surface area contributed by atoms with Crippen molar-refractivity contribution in [3.63, 3.8) is 0 Å². The number of benzene rings is 1. The van der Waals surface area contributed by atoms with E-state index in [1.54, 1.807) is 4.90 Å². The fraction of sp³-hybridized carbons (Fsp3) is 0.619. The van der Waals surface area contributed by atoms with Gasteiger partial charge in [-0.15, -0.1) is 0 Å². The molecule has 2 aliphatic heterocycles. The molecule has 1 atom stereocenters. The summed E-state index contributed by atoms with van der Waals surface area (Å²) in [7, 11) is 1.85. The maximum atomic E-state index is 12.7. The zero-order valence-electron chi connectivity index (χ0n) is 16.2. The molecular weight excluding hydrogens is 342 g/mol. The lowest BCUT2D eigenvalue weighted by molar-refractivity contribution is -0.138. The standard InChI is InChI=1S/C21H31N3O3/c1-23(16-18-8-13-27-14-9-18)20(25)15-19-21(26)22-10-12-24(19)11-7-17-5-3-2-4-6-17/h2-6,18-19H,7-16H2,1H3,(H,22,26)/t19-/m0/s1. The van der Waals surface area contributed by atoms with Crippen molar-refractivity contribution in [3.05, 3.63) is 35.9 Å². The van der Waals surface area contributed by atoms with Gasteiger partial charge >= 0.3 is 0 Å². The van der Waals surface area contributed by atoms with E-state index >= 15 is 0 Å². The van der Waals surface area contributed by atoms with E-state index in [0.717, 1.165) is 52.1 Å². The molecule has 0 aromatic heterocycles. The maximum Gasteiger partial charge on any atom is 0.237 e. The summed E-state index contributed by atoms with van der Waals surface area (Å²) in [6.45, 7) is 4.55. The van der Waals surface area contributed by atoms with Gasteiger partial charge in [0.15, 0.2) is 0 Å². The number of piperazine rings is 1. The third-order valence-corrected chi connectivity index (χ3v) is 5.64. The van der Waals surface area contributed by atoms with Crippen LogP contribution in [0.5, 0.6) is 0 Å². The highest BCUT2D eigenvalue weighted by atomic mass is 16.5. The quantitative estimate of drug-likeness (QED) is 0.783. The van der Waals surface area contributed by atoms with Crippen LogP contribution in [-0.4, -0.2) is 74.1 Å². The van der Waals surface area contributed by atoms with Gasteiger partial charge in [0.2, 0.25) is 11.8 Å². The van der Waals surface area contributed by atoms with Crippen LogP contribution >= 0.6 is 0 Å². The Hall–Kier alpha value is -1.92. The number of nitrogens with zero attached hydrogens (tertiary/aromatic N) is 2. The number of carbonyl (C=O) groups excluding carboxylic acids is 2. The number of hydrogen-bond acceptors (Lipinski definition) is 4. The predicted molar refractivity (Wildman–Crippen MR) is 104 cm³/mol. The average Bonchev–Trinajstić information content (AvgIpc) is 2.70. The van der Waals surface area contributed by atoms with Gasteiger partial charge in [-0.3, -0.25) is 14.5 Å². The molecule has 2 fully saturated rings. The molecular formula is C21H31N3O3. The first-order valence-corrected chi connectivity index (χ1v) is 10.0. The molecule has 0 aliphatic carbocycles. The van der Waals surface area contributed by atoms with Crippen molar-refractivity contribution < 1.29 is 14.3 Å².